The van der Waals surface area contributed by atoms with E-state index in [1.54, 1.807) is 0 Å². The highest BCUT2D eigenvalue weighted by molar-refractivity contribution is 6.00. The van der Waals surface area contributed by atoms with E-state index in [0.29, 0.717) is 5.69 Å². The lowest BCUT2D eigenvalue weighted by molar-refractivity contribution is -0.153. The van der Waals surface area contributed by atoms with Gasteiger partial charge in [0.2, 0.25) is 0 Å². The van der Waals surface area contributed by atoms with E-state index < -0.39 is 11.4 Å². The Morgan fingerprint density at radius 2 is 2.31 bits per heavy atom. The smallest absolute Gasteiger partial charge is 0.316 e. The van der Waals surface area contributed by atoms with E-state index in [4.69, 9.17) is 5.11 Å². The summed E-state index contributed by atoms with van der Waals surface area (Å²) in [6.07, 6.45) is 3.03. The van der Waals surface area contributed by atoms with Crippen LogP contribution in [0.2, 0.25) is 0 Å². The van der Waals surface area contributed by atoms with Gasteiger partial charge in [0.25, 0.3) is 0 Å². The van der Waals surface area contributed by atoms with Gasteiger partial charge in [0.1, 0.15) is 11.2 Å². The summed E-state index contributed by atoms with van der Waals surface area (Å²) >= 11 is 0. The molecule has 5 heteroatoms. The van der Waals surface area contributed by atoms with E-state index in [1.165, 1.54) is 12.5 Å². The minimum atomic E-state index is -1.03. The van der Waals surface area contributed by atoms with E-state index in [2.05, 4.69) is 9.97 Å². The second-order valence-corrected chi connectivity index (χ2v) is 3.24. The summed E-state index contributed by atoms with van der Waals surface area (Å²) in [5.74, 6) is -0.978. The Bertz CT molecular complexity index is 347. The molecule has 0 aromatic carbocycles. The number of carbonyl (C=O) groups excluding carboxylic acids is 1. The van der Waals surface area contributed by atoms with Crippen molar-refractivity contribution in [1.82, 2.24) is 9.97 Å². The minimum absolute atomic E-state index is 0.0167. The second kappa shape index (κ2) is 2.42. The first-order chi connectivity index (χ1) is 6.15. The number of carboxylic acids is 1. The zero-order valence-electron chi connectivity index (χ0n) is 6.78. The number of aromatic amines is 1. The zero-order chi connectivity index (χ0) is 9.47. The van der Waals surface area contributed by atoms with Gasteiger partial charge in [0, 0.05) is 19.0 Å². The molecule has 1 aromatic heterocycles. The second-order valence-electron chi connectivity index (χ2n) is 3.24. The maximum absolute atomic E-state index is 10.9. The number of hydrogen-bond acceptors (Lipinski definition) is 3. The van der Waals surface area contributed by atoms with Crippen molar-refractivity contribution >= 4 is 11.8 Å². The maximum atomic E-state index is 10.9. The molecule has 1 fully saturated rings. The first-order valence-corrected chi connectivity index (χ1v) is 3.89. The number of Topliss-reactive ketones (excluding diaryl/α,β-unsaturated/α-hetero) is 1. The number of carboxylic acid groups (broad SMARTS) is 1. The molecule has 1 aliphatic rings. The fourth-order valence-electron chi connectivity index (χ4n) is 1.60. The third kappa shape index (κ3) is 0.965. The van der Waals surface area contributed by atoms with Crippen LogP contribution in [0.25, 0.3) is 0 Å². The molecular formula is C8H8N2O3. The highest BCUT2D eigenvalue weighted by atomic mass is 16.4. The van der Waals surface area contributed by atoms with Crippen LogP contribution in [-0.2, 0) is 15.0 Å². The SMILES string of the molecule is O=C1CC(C(=O)O)(c2cnc[nH]2)C1. The maximum Gasteiger partial charge on any atom is 0.316 e. The Morgan fingerprint density at radius 3 is 2.69 bits per heavy atom. The average molecular weight is 180 g/mol. The van der Waals surface area contributed by atoms with E-state index in [0.717, 1.165) is 0 Å². The molecule has 1 aliphatic carbocycles. The Balaban J connectivity index is 2.37. The van der Waals surface area contributed by atoms with E-state index in [1.807, 2.05) is 0 Å². The number of nitrogens with zero attached hydrogens (tertiary/aromatic N) is 1. The first-order valence-electron chi connectivity index (χ1n) is 3.89. The Hall–Kier alpha value is -1.65. The highest BCUT2D eigenvalue weighted by Crippen LogP contribution is 2.40. The lowest BCUT2D eigenvalue weighted by Crippen LogP contribution is -2.48. The molecule has 0 atom stereocenters. The van der Waals surface area contributed by atoms with Gasteiger partial charge in [-0.25, -0.2) is 4.98 Å². The number of nitrogens with one attached hydrogen (secondary N) is 1. The average Bonchev–Trinajstić information content (AvgIpc) is 2.49. The normalized spacial score (nSPS) is 19.5. The van der Waals surface area contributed by atoms with Gasteiger partial charge in [-0.2, -0.15) is 0 Å². The quantitative estimate of drug-likeness (QED) is 0.675. The monoisotopic (exact) mass is 180 g/mol. The molecule has 0 bridgehead atoms. The van der Waals surface area contributed by atoms with Crippen molar-refractivity contribution in [2.75, 3.05) is 0 Å². The van der Waals surface area contributed by atoms with Crippen molar-refractivity contribution in [3.05, 3.63) is 18.2 Å². The predicted molar refractivity (Wildman–Crippen MR) is 42.1 cm³/mol. The van der Waals surface area contributed by atoms with Crippen molar-refractivity contribution in [2.24, 2.45) is 0 Å². The molecule has 2 N–H and O–H groups in total. The Morgan fingerprint density at radius 1 is 1.62 bits per heavy atom. The molecule has 13 heavy (non-hydrogen) atoms. The summed E-state index contributed by atoms with van der Waals surface area (Å²) in [5.41, 5.74) is -0.521. The van der Waals surface area contributed by atoms with Gasteiger partial charge in [-0.05, 0) is 0 Å². The predicted octanol–water partition coefficient (Wildman–Crippen LogP) is 0.0950. The van der Waals surface area contributed by atoms with Gasteiger partial charge in [-0.3, -0.25) is 9.59 Å². The highest BCUT2D eigenvalue weighted by Gasteiger charge is 2.52. The number of hydrogen-bond donors (Lipinski definition) is 2. The van der Waals surface area contributed by atoms with Gasteiger partial charge >= 0.3 is 5.97 Å². The number of rotatable bonds is 2. The van der Waals surface area contributed by atoms with Gasteiger partial charge in [0.15, 0.2) is 0 Å². The number of H-pyrrole nitrogens is 1. The van der Waals surface area contributed by atoms with Gasteiger partial charge in [-0.1, -0.05) is 0 Å². The number of imidazole rings is 1. The van der Waals surface area contributed by atoms with Crippen LogP contribution < -0.4 is 0 Å². The molecule has 1 saturated carbocycles. The molecule has 68 valence electrons. The number of aliphatic carboxylic acids is 1. The molecule has 1 aromatic rings. The van der Waals surface area contributed by atoms with E-state index >= 15 is 0 Å². The fraction of sp³-hybridized carbons (Fsp3) is 0.375. The molecule has 0 amide bonds. The number of ketones is 1. The van der Waals surface area contributed by atoms with Crippen molar-refractivity contribution < 1.29 is 14.7 Å². The number of carbonyl (C=O) groups is 2. The van der Waals surface area contributed by atoms with Crippen molar-refractivity contribution in [3.8, 4) is 0 Å². The van der Waals surface area contributed by atoms with Crippen LogP contribution >= 0.6 is 0 Å². The third-order valence-electron chi connectivity index (χ3n) is 2.42. The first kappa shape index (κ1) is 7.97. The minimum Gasteiger partial charge on any atom is -0.481 e. The Kier molecular flexibility index (Phi) is 1.48. The standard InChI is InChI=1S/C8H8N2O3/c11-5-1-8(2-5,7(12)13)6-3-9-4-10-6/h3-4H,1-2H2,(H,9,10)(H,12,13). The van der Waals surface area contributed by atoms with Crippen molar-refractivity contribution in [1.29, 1.82) is 0 Å². The zero-order valence-corrected chi connectivity index (χ0v) is 6.78. The third-order valence-corrected chi connectivity index (χ3v) is 2.42. The van der Waals surface area contributed by atoms with Crippen LogP contribution in [0.15, 0.2) is 12.5 Å². The molecule has 0 aliphatic heterocycles. The van der Waals surface area contributed by atoms with Crippen LogP contribution in [-0.4, -0.2) is 26.8 Å². The van der Waals surface area contributed by atoms with Crippen LogP contribution in [0, 0.1) is 0 Å². The van der Waals surface area contributed by atoms with Gasteiger partial charge in [0.05, 0.1) is 12.0 Å². The van der Waals surface area contributed by atoms with Gasteiger partial charge < -0.3 is 10.1 Å². The molecule has 1 heterocycles. The summed E-state index contributed by atoms with van der Waals surface area (Å²) < 4.78 is 0. The summed E-state index contributed by atoms with van der Waals surface area (Å²) in [7, 11) is 0. The van der Waals surface area contributed by atoms with Crippen LogP contribution in [0.3, 0.4) is 0 Å². The summed E-state index contributed by atoms with van der Waals surface area (Å²) in [6.45, 7) is 0. The molecule has 0 spiro atoms. The molecule has 0 saturated heterocycles. The van der Waals surface area contributed by atoms with Crippen LogP contribution in [0.4, 0.5) is 0 Å². The molecule has 5 nitrogen and oxygen atoms in total. The van der Waals surface area contributed by atoms with E-state index in [-0.39, 0.29) is 18.6 Å². The molecular weight excluding hydrogens is 172 g/mol. The fourth-order valence-corrected chi connectivity index (χ4v) is 1.60. The van der Waals surface area contributed by atoms with Crippen LogP contribution in [0.5, 0.6) is 0 Å². The summed E-state index contributed by atoms with van der Waals surface area (Å²) in [6, 6.07) is 0. The van der Waals surface area contributed by atoms with Crippen LogP contribution in [0.1, 0.15) is 18.5 Å². The van der Waals surface area contributed by atoms with Gasteiger partial charge in [-0.15, -0.1) is 0 Å². The lowest BCUT2D eigenvalue weighted by Gasteiger charge is -2.34. The number of aromatic nitrogens is 2. The van der Waals surface area contributed by atoms with Crippen molar-refractivity contribution in [2.45, 2.75) is 18.3 Å². The largest absolute Gasteiger partial charge is 0.481 e. The van der Waals surface area contributed by atoms with Crippen molar-refractivity contribution in [3.63, 3.8) is 0 Å². The summed E-state index contributed by atoms with van der Waals surface area (Å²) in [4.78, 5) is 28.2. The molecule has 0 radical (unpaired) electrons. The molecule has 0 unspecified atom stereocenters. The lowest BCUT2D eigenvalue weighted by atomic mass is 9.66. The topological polar surface area (TPSA) is 83.1 Å². The summed E-state index contributed by atoms with van der Waals surface area (Å²) in [5, 5.41) is 8.97. The van der Waals surface area contributed by atoms with E-state index in [9.17, 15) is 9.59 Å². The molecule has 2 rings (SSSR count). The Labute approximate surface area is 73.8 Å².